The summed E-state index contributed by atoms with van der Waals surface area (Å²) >= 11 is 0. The molecule has 0 N–H and O–H groups in total. The molecule has 30 heavy (non-hydrogen) atoms. The van der Waals surface area contributed by atoms with E-state index in [1.807, 2.05) is 30.3 Å². The molecule has 3 heterocycles. The van der Waals surface area contributed by atoms with E-state index in [-0.39, 0.29) is 46.7 Å². The summed E-state index contributed by atoms with van der Waals surface area (Å²) in [5, 5.41) is -0.288. The van der Waals surface area contributed by atoms with Gasteiger partial charge in [-0.05, 0) is 5.56 Å². The van der Waals surface area contributed by atoms with Gasteiger partial charge in [-0.25, -0.2) is 0 Å². The van der Waals surface area contributed by atoms with Crippen LogP contribution >= 0.6 is 0 Å². The lowest BCUT2D eigenvalue weighted by atomic mass is 9.90. The third-order valence-electron chi connectivity index (χ3n) is 6.43. The summed E-state index contributed by atoms with van der Waals surface area (Å²) in [5.41, 5.74) is 1.06. The average molecular weight is 435 g/mol. The van der Waals surface area contributed by atoms with Crippen molar-refractivity contribution < 1.29 is 27.9 Å². The molecule has 3 aliphatic heterocycles. The van der Waals surface area contributed by atoms with Gasteiger partial charge in [0.2, 0.25) is 0 Å². The minimum absolute atomic E-state index is 0.144. The molecular formula is C23H34O6Si. The lowest BCUT2D eigenvalue weighted by Crippen LogP contribution is -2.70. The summed E-state index contributed by atoms with van der Waals surface area (Å²) in [5.74, 6) is -0.386. The molecular weight excluding hydrogens is 400 g/mol. The van der Waals surface area contributed by atoms with E-state index >= 15 is 0 Å². The Hall–Kier alpha value is -1.25. The van der Waals surface area contributed by atoms with E-state index in [1.54, 1.807) is 0 Å². The molecule has 4 rings (SSSR count). The Morgan fingerprint density at radius 3 is 2.33 bits per heavy atom. The summed E-state index contributed by atoms with van der Waals surface area (Å²) in [6, 6.07) is 9.96. The van der Waals surface area contributed by atoms with Crippen molar-refractivity contribution in [3.05, 3.63) is 35.9 Å². The van der Waals surface area contributed by atoms with Gasteiger partial charge in [-0.1, -0.05) is 71.9 Å². The molecule has 0 amide bonds. The van der Waals surface area contributed by atoms with Crippen molar-refractivity contribution in [1.82, 2.24) is 0 Å². The highest BCUT2D eigenvalue weighted by Gasteiger charge is 2.66. The molecule has 0 bridgehead atoms. The van der Waals surface area contributed by atoms with Crippen LogP contribution in [-0.2, 0) is 34.5 Å². The Balaban J connectivity index is 1.56. The topological polar surface area (TPSA) is 63.2 Å². The normalized spacial score (nSPS) is 33.5. The van der Waals surface area contributed by atoms with Gasteiger partial charge >= 0.3 is 14.5 Å². The molecule has 3 aliphatic rings. The monoisotopic (exact) mass is 434 g/mol. The standard InChI is InChI=1S/C23H34O6Si/c1-22(2,3)30(23(4,5)6)26-14-17-20(29-30)19-16(12-18(24)28-19)21(27-17)25-13-15-10-8-7-9-11-15/h7-11,16-17,19-21H,12-14H2,1-6H3/t16-,17+,19+,20+,21-/m0/s1. The summed E-state index contributed by atoms with van der Waals surface area (Å²) in [6.07, 6.45) is -1.23. The summed E-state index contributed by atoms with van der Waals surface area (Å²) in [4.78, 5) is 12.3. The van der Waals surface area contributed by atoms with Crippen molar-refractivity contribution in [2.24, 2.45) is 5.92 Å². The number of hydrogen-bond acceptors (Lipinski definition) is 6. The van der Waals surface area contributed by atoms with Crippen LogP contribution in [0.2, 0.25) is 10.1 Å². The minimum atomic E-state index is -2.68. The van der Waals surface area contributed by atoms with Gasteiger partial charge < -0.3 is 23.1 Å². The number of esters is 1. The van der Waals surface area contributed by atoms with Crippen molar-refractivity contribution in [2.45, 2.75) is 89.2 Å². The fourth-order valence-corrected chi connectivity index (χ4v) is 10.2. The van der Waals surface area contributed by atoms with Crippen LogP contribution in [0, 0.1) is 5.92 Å². The van der Waals surface area contributed by atoms with Crippen molar-refractivity contribution >= 4 is 14.5 Å². The van der Waals surface area contributed by atoms with Crippen LogP contribution in [-0.4, -0.2) is 45.7 Å². The van der Waals surface area contributed by atoms with E-state index in [1.165, 1.54) is 0 Å². The zero-order chi connectivity index (χ0) is 21.7. The third-order valence-corrected chi connectivity index (χ3v) is 11.6. The fourth-order valence-electron chi connectivity index (χ4n) is 5.25. The minimum Gasteiger partial charge on any atom is -0.459 e. The van der Waals surface area contributed by atoms with Crippen molar-refractivity contribution in [3.8, 4) is 0 Å². The molecule has 0 aromatic heterocycles. The first kappa shape index (κ1) is 22.0. The number of benzene rings is 1. The highest BCUT2D eigenvalue weighted by atomic mass is 28.4. The van der Waals surface area contributed by atoms with Gasteiger partial charge in [0.15, 0.2) is 6.29 Å². The smallest absolute Gasteiger partial charge is 0.349 e. The fraction of sp³-hybridized carbons (Fsp3) is 0.696. The zero-order valence-corrected chi connectivity index (χ0v) is 19.8. The van der Waals surface area contributed by atoms with Gasteiger partial charge in [0, 0.05) is 10.1 Å². The van der Waals surface area contributed by atoms with Crippen molar-refractivity contribution in [1.29, 1.82) is 0 Å². The van der Waals surface area contributed by atoms with Crippen LogP contribution in [0.4, 0.5) is 0 Å². The highest BCUT2D eigenvalue weighted by Crippen LogP contribution is 2.56. The zero-order valence-electron chi connectivity index (χ0n) is 18.8. The molecule has 6 nitrogen and oxygen atoms in total. The van der Waals surface area contributed by atoms with Crippen LogP contribution in [0.5, 0.6) is 0 Å². The number of fused-ring (bicyclic) bond motifs is 3. The lowest BCUT2D eigenvalue weighted by Gasteiger charge is -2.57. The van der Waals surface area contributed by atoms with E-state index in [9.17, 15) is 4.79 Å². The Morgan fingerprint density at radius 2 is 1.70 bits per heavy atom. The largest absolute Gasteiger partial charge is 0.459 e. The van der Waals surface area contributed by atoms with Gasteiger partial charge in [0.05, 0.1) is 25.6 Å². The van der Waals surface area contributed by atoms with E-state index in [0.717, 1.165) is 5.56 Å². The van der Waals surface area contributed by atoms with Gasteiger partial charge in [-0.3, -0.25) is 4.79 Å². The van der Waals surface area contributed by atoms with Crippen LogP contribution < -0.4 is 0 Å². The van der Waals surface area contributed by atoms with Gasteiger partial charge in [-0.2, -0.15) is 0 Å². The first-order valence-electron chi connectivity index (χ1n) is 10.8. The average Bonchev–Trinajstić information content (AvgIpc) is 3.06. The Bertz CT molecular complexity index is 754. The second kappa shape index (κ2) is 7.71. The summed E-state index contributed by atoms with van der Waals surface area (Å²) in [7, 11) is -2.68. The van der Waals surface area contributed by atoms with E-state index in [4.69, 9.17) is 23.1 Å². The van der Waals surface area contributed by atoms with Crippen LogP contribution in [0.3, 0.4) is 0 Å². The Kier molecular flexibility index (Phi) is 5.64. The molecule has 3 saturated heterocycles. The number of ether oxygens (including phenoxy) is 3. The Morgan fingerprint density at radius 1 is 1.03 bits per heavy atom. The van der Waals surface area contributed by atoms with E-state index in [0.29, 0.717) is 13.2 Å². The molecule has 1 aromatic rings. The molecule has 1 aromatic carbocycles. The molecule has 7 heteroatoms. The molecule has 0 unspecified atom stereocenters. The SMILES string of the molecule is CC(C)(C)[Si]1(C(C)(C)C)OC[C@H]2O[C@H](OCc3ccccc3)[C@H]3CC(=O)O[C@H]3[C@@H]2O1. The number of hydrogen-bond donors (Lipinski definition) is 0. The maximum absolute atomic E-state index is 12.3. The molecule has 0 radical (unpaired) electrons. The number of carbonyl (C=O) groups is 1. The first-order valence-corrected chi connectivity index (χ1v) is 12.7. The van der Waals surface area contributed by atoms with Gasteiger partial charge in [0.25, 0.3) is 0 Å². The van der Waals surface area contributed by atoms with Crippen LogP contribution in [0.25, 0.3) is 0 Å². The van der Waals surface area contributed by atoms with Crippen molar-refractivity contribution in [3.63, 3.8) is 0 Å². The lowest BCUT2D eigenvalue weighted by molar-refractivity contribution is -0.287. The molecule has 5 atom stereocenters. The second-order valence-electron chi connectivity index (χ2n) is 10.7. The Labute approximate surface area is 180 Å². The molecule has 0 saturated carbocycles. The molecule has 3 fully saturated rings. The first-order chi connectivity index (χ1) is 14.0. The molecule has 0 aliphatic carbocycles. The summed E-state index contributed by atoms with van der Waals surface area (Å²) in [6.45, 7) is 13.9. The van der Waals surface area contributed by atoms with E-state index < -0.39 is 14.9 Å². The van der Waals surface area contributed by atoms with E-state index in [2.05, 4.69) is 41.5 Å². The predicted octanol–water partition coefficient (Wildman–Crippen LogP) is 4.32. The number of rotatable bonds is 3. The quantitative estimate of drug-likeness (QED) is 0.522. The van der Waals surface area contributed by atoms with Gasteiger partial charge in [0.1, 0.15) is 18.3 Å². The number of carbonyl (C=O) groups excluding carboxylic acids is 1. The molecule has 0 spiro atoms. The van der Waals surface area contributed by atoms with Gasteiger partial charge in [-0.15, -0.1) is 0 Å². The molecule has 166 valence electrons. The maximum atomic E-state index is 12.3. The van der Waals surface area contributed by atoms with Crippen molar-refractivity contribution in [2.75, 3.05) is 6.61 Å². The predicted molar refractivity (Wildman–Crippen MR) is 114 cm³/mol. The second-order valence-corrected chi connectivity index (χ2v) is 15.4. The highest BCUT2D eigenvalue weighted by molar-refractivity contribution is 6.73. The van der Waals surface area contributed by atoms with Crippen LogP contribution in [0.15, 0.2) is 30.3 Å². The summed E-state index contributed by atoms with van der Waals surface area (Å²) < 4.78 is 31.6. The maximum Gasteiger partial charge on any atom is 0.349 e. The third kappa shape index (κ3) is 3.75. The van der Waals surface area contributed by atoms with Crippen LogP contribution in [0.1, 0.15) is 53.5 Å².